The van der Waals surface area contributed by atoms with Gasteiger partial charge in [-0.25, -0.2) is 0 Å². The van der Waals surface area contributed by atoms with Crippen molar-refractivity contribution in [2.24, 2.45) is 0 Å². The maximum absolute atomic E-state index is 12.1. The van der Waals surface area contributed by atoms with Crippen LogP contribution in [0.25, 0.3) is 0 Å². The van der Waals surface area contributed by atoms with E-state index in [1.54, 1.807) is 0 Å². The van der Waals surface area contributed by atoms with Crippen LogP contribution in [0.15, 0.2) is 30.3 Å². The summed E-state index contributed by atoms with van der Waals surface area (Å²) in [6, 6.07) is 10.4. The number of nitrogens with zero attached hydrogens (tertiary/aromatic N) is 2. The number of piperazine rings is 1. The van der Waals surface area contributed by atoms with Crippen LogP contribution in [0.4, 0.5) is 0 Å². The van der Waals surface area contributed by atoms with E-state index < -0.39 is 0 Å². The molecule has 0 aliphatic carbocycles. The van der Waals surface area contributed by atoms with Gasteiger partial charge in [-0.15, -0.1) is 0 Å². The summed E-state index contributed by atoms with van der Waals surface area (Å²) < 4.78 is 0. The van der Waals surface area contributed by atoms with Crippen molar-refractivity contribution >= 4 is 11.8 Å². The van der Waals surface area contributed by atoms with E-state index in [1.807, 2.05) is 17.9 Å². The smallest absolute Gasteiger partial charge is 0.224 e. The SMILES string of the molecule is CCC(=O)NCCC(=O)N1CCN(Cc2ccccc2)CC1. The van der Waals surface area contributed by atoms with Crippen molar-refractivity contribution in [1.29, 1.82) is 0 Å². The molecule has 2 rings (SSSR count). The fourth-order valence-corrected chi connectivity index (χ4v) is 2.59. The summed E-state index contributed by atoms with van der Waals surface area (Å²) in [7, 11) is 0. The van der Waals surface area contributed by atoms with Crippen molar-refractivity contribution in [3.8, 4) is 0 Å². The molecule has 0 saturated carbocycles. The highest BCUT2D eigenvalue weighted by molar-refractivity contribution is 5.79. The molecule has 0 unspecified atom stereocenters. The number of rotatable bonds is 6. The van der Waals surface area contributed by atoms with Gasteiger partial charge in [0.15, 0.2) is 0 Å². The van der Waals surface area contributed by atoms with Crippen molar-refractivity contribution in [3.05, 3.63) is 35.9 Å². The van der Waals surface area contributed by atoms with Crippen LogP contribution in [0.5, 0.6) is 0 Å². The minimum atomic E-state index is 0.000445. The molecule has 0 atom stereocenters. The van der Waals surface area contributed by atoms with E-state index >= 15 is 0 Å². The third-order valence-corrected chi connectivity index (χ3v) is 3.96. The standard InChI is InChI=1S/C17H25N3O2/c1-2-16(21)18-9-8-17(22)20-12-10-19(11-13-20)14-15-6-4-3-5-7-15/h3-7H,2,8-14H2,1H3,(H,18,21). The van der Waals surface area contributed by atoms with Crippen molar-refractivity contribution < 1.29 is 9.59 Å². The Kier molecular flexibility index (Phi) is 6.40. The molecule has 0 bridgehead atoms. The predicted molar refractivity (Wildman–Crippen MR) is 86.2 cm³/mol. The van der Waals surface area contributed by atoms with E-state index in [2.05, 4.69) is 34.5 Å². The van der Waals surface area contributed by atoms with Crippen LogP contribution in [-0.4, -0.2) is 54.3 Å². The zero-order chi connectivity index (χ0) is 15.8. The first-order valence-corrected chi connectivity index (χ1v) is 7.99. The van der Waals surface area contributed by atoms with E-state index in [1.165, 1.54) is 5.56 Å². The molecule has 5 heteroatoms. The second-order valence-corrected chi connectivity index (χ2v) is 5.60. The number of hydrogen-bond acceptors (Lipinski definition) is 3. The molecule has 5 nitrogen and oxygen atoms in total. The van der Waals surface area contributed by atoms with Gasteiger partial charge in [0, 0.05) is 52.1 Å². The van der Waals surface area contributed by atoms with E-state index in [9.17, 15) is 9.59 Å². The molecular weight excluding hydrogens is 278 g/mol. The molecule has 1 fully saturated rings. The van der Waals surface area contributed by atoms with Crippen LogP contribution < -0.4 is 5.32 Å². The Balaban J connectivity index is 1.68. The van der Waals surface area contributed by atoms with Crippen LogP contribution in [-0.2, 0) is 16.1 Å². The predicted octanol–water partition coefficient (Wildman–Crippen LogP) is 1.25. The molecule has 1 aromatic carbocycles. The molecule has 1 heterocycles. The Bertz CT molecular complexity index is 482. The van der Waals surface area contributed by atoms with E-state index in [0.717, 1.165) is 32.7 Å². The number of amides is 2. The topological polar surface area (TPSA) is 52.7 Å². The molecule has 2 amide bonds. The molecule has 0 radical (unpaired) electrons. The second-order valence-electron chi connectivity index (χ2n) is 5.60. The van der Waals surface area contributed by atoms with Crippen molar-refractivity contribution in [2.75, 3.05) is 32.7 Å². The normalized spacial score (nSPS) is 15.6. The van der Waals surface area contributed by atoms with Crippen molar-refractivity contribution in [3.63, 3.8) is 0 Å². The number of nitrogens with one attached hydrogen (secondary N) is 1. The average Bonchev–Trinajstić information content (AvgIpc) is 2.56. The summed E-state index contributed by atoms with van der Waals surface area (Å²) in [5, 5.41) is 2.75. The number of benzene rings is 1. The van der Waals surface area contributed by atoms with Gasteiger partial charge in [-0.05, 0) is 5.56 Å². The first-order valence-electron chi connectivity index (χ1n) is 7.99. The van der Waals surface area contributed by atoms with Gasteiger partial charge in [-0.3, -0.25) is 14.5 Å². The highest BCUT2D eigenvalue weighted by Crippen LogP contribution is 2.09. The number of carbonyl (C=O) groups is 2. The Morgan fingerprint density at radius 2 is 1.77 bits per heavy atom. The van der Waals surface area contributed by atoms with Gasteiger partial charge in [0.2, 0.25) is 11.8 Å². The lowest BCUT2D eigenvalue weighted by Crippen LogP contribution is -2.48. The van der Waals surface area contributed by atoms with E-state index in [0.29, 0.717) is 19.4 Å². The quantitative estimate of drug-likeness (QED) is 0.860. The number of carbonyl (C=O) groups excluding carboxylic acids is 2. The van der Waals surface area contributed by atoms with E-state index in [4.69, 9.17) is 0 Å². The fourth-order valence-electron chi connectivity index (χ4n) is 2.59. The Labute approximate surface area is 132 Å². The molecule has 1 aromatic rings. The molecule has 120 valence electrons. The van der Waals surface area contributed by atoms with Crippen molar-refractivity contribution in [2.45, 2.75) is 26.3 Å². The minimum absolute atomic E-state index is 0.000445. The summed E-state index contributed by atoms with van der Waals surface area (Å²) in [4.78, 5) is 27.5. The summed E-state index contributed by atoms with van der Waals surface area (Å²) in [6.45, 7) is 6.54. The fraction of sp³-hybridized carbons (Fsp3) is 0.529. The summed E-state index contributed by atoms with van der Waals surface area (Å²) in [5.74, 6) is 0.135. The summed E-state index contributed by atoms with van der Waals surface area (Å²) in [6.07, 6.45) is 0.858. The molecule has 22 heavy (non-hydrogen) atoms. The third-order valence-electron chi connectivity index (χ3n) is 3.96. The monoisotopic (exact) mass is 303 g/mol. The lowest BCUT2D eigenvalue weighted by molar-refractivity contribution is -0.133. The van der Waals surface area contributed by atoms with Crippen molar-refractivity contribution in [1.82, 2.24) is 15.1 Å². The van der Waals surface area contributed by atoms with Gasteiger partial charge in [-0.1, -0.05) is 37.3 Å². The van der Waals surface area contributed by atoms with Gasteiger partial charge < -0.3 is 10.2 Å². The average molecular weight is 303 g/mol. The highest BCUT2D eigenvalue weighted by atomic mass is 16.2. The molecule has 1 aliphatic rings. The lowest BCUT2D eigenvalue weighted by Gasteiger charge is -2.34. The van der Waals surface area contributed by atoms with E-state index in [-0.39, 0.29) is 11.8 Å². The molecule has 1 N–H and O–H groups in total. The van der Waals surface area contributed by atoms with Crippen LogP contribution >= 0.6 is 0 Å². The molecule has 1 saturated heterocycles. The maximum Gasteiger partial charge on any atom is 0.224 e. The first kappa shape index (κ1) is 16.5. The summed E-state index contributed by atoms with van der Waals surface area (Å²) in [5.41, 5.74) is 1.31. The zero-order valence-corrected chi connectivity index (χ0v) is 13.3. The number of hydrogen-bond donors (Lipinski definition) is 1. The third kappa shape index (κ3) is 5.15. The largest absolute Gasteiger partial charge is 0.356 e. The van der Waals surface area contributed by atoms with Crippen LogP contribution in [0.2, 0.25) is 0 Å². The molecule has 0 spiro atoms. The second kappa shape index (κ2) is 8.54. The van der Waals surface area contributed by atoms with Gasteiger partial charge >= 0.3 is 0 Å². The van der Waals surface area contributed by atoms with Crippen LogP contribution in [0, 0.1) is 0 Å². The van der Waals surface area contributed by atoms with Gasteiger partial charge in [0.1, 0.15) is 0 Å². The van der Waals surface area contributed by atoms with Gasteiger partial charge in [0.05, 0.1) is 0 Å². The van der Waals surface area contributed by atoms with Gasteiger partial charge in [-0.2, -0.15) is 0 Å². The Morgan fingerprint density at radius 3 is 2.41 bits per heavy atom. The van der Waals surface area contributed by atoms with Crippen LogP contribution in [0.3, 0.4) is 0 Å². The minimum Gasteiger partial charge on any atom is -0.356 e. The maximum atomic E-state index is 12.1. The molecule has 1 aliphatic heterocycles. The van der Waals surface area contributed by atoms with Gasteiger partial charge in [0.25, 0.3) is 0 Å². The Morgan fingerprint density at radius 1 is 1.09 bits per heavy atom. The highest BCUT2D eigenvalue weighted by Gasteiger charge is 2.20. The Hall–Kier alpha value is -1.88. The summed E-state index contributed by atoms with van der Waals surface area (Å²) >= 11 is 0. The zero-order valence-electron chi connectivity index (χ0n) is 13.3. The molecular formula is C17H25N3O2. The lowest BCUT2D eigenvalue weighted by atomic mass is 10.2. The first-order chi connectivity index (χ1) is 10.7. The molecule has 0 aromatic heterocycles. The van der Waals surface area contributed by atoms with Crippen LogP contribution in [0.1, 0.15) is 25.3 Å².